The summed E-state index contributed by atoms with van der Waals surface area (Å²) in [6.07, 6.45) is -0.266. The third-order valence-electron chi connectivity index (χ3n) is 3.74. The molecule has 6 nitrogen and oxygen atoms in total. The van der Waals surface area contributed by atoms with E-state index in [0.29, 0.717) is 23.0 Å². The number of rotatable bonds is 7. The van der Waals surface area contributed by atoms with Crippen molar-refractivity contribution in [3.63, 3.8) is 0 Å². The van der Waals surface area contributed by atoms with Crippen LogP contribution in [0, 0.1) is 5.82 Å². The summed E-state index contributed by atoms with van der Waals surface area (Å²) >= 11 is 5.86. The lowest BCUT2D eigenvalue weighted by Gasteiger charge is -2.16. The highest BCUT2D eigenvalue weighted by Gasteiger charge is 2.19. The Kier molecular flexibility index (Phi) is 6.03. The fraction of sp³-hybridized carbons (Fsp3) is 0.211. The van der Waals surface area contributed by atoms with Crippen LogP contribution in [-0.2, 0) is 11.3 Å². The first-order valence-corrected chi connectivity index (χ1v) is 8.71. The van der Waals surface area contributed by atoms with Crippen molar-refractivity contribution in [3.8, 4) is 17.1 Å². The van der Waals surface area contributed by atoms with Crippen LogP contribution in [0.2, 0.25) is 5.02 Å². The van der Waals surface area contributed by atoms with E-state index in [1.54, 1.807) is 24.3 Å². The lowest BCUT2D eigenvalue weighted by atomic mass is 10.2. The van der Waals surface area contributed by atoms with Crippen LogP contribution >= 0.6 is 11.6 Å². The minimum atomic E-state index is -0.714. The van der Waals surface area contributed by atoms with Gasteiger partial charge in [0.25, 0.3) is 5.91 Å². The number of hydrogen-bond donors (Lipinski definition) is 1. The summed E-state index contributed by atoms with van der Waals surface area (Å²) < 4.78 is 23.7. The van der Waals surface area contributed by atoms with E-state index in [9.17, 15) is 9.18 Å². The molecule has 0 unspecified atom stereocenters. The van der Waals surface area contributed by atoms with Gasteiger partial charge in [-0.25, -0.2) is 4.39 Å². The molecule has 0 aliphatic rings. The molecule has 140 valence electrons. The Morgan fingerprint density at radius 1 is 1.22 bits per heavy atom. The molecule has 0 aliphatic heterocycles. The van der Waals surface area contributed by atoms with E-state index in [1.807, 2.05) is 6.92 Å². The molecule has 1 heterocycles. The van der Waals surface area contributed by atoms with Crippen LogP contribution in [-0.4, -0.2) is 22.2 Å². The van der Waals surface area contributed by atoms with Crippen molar-refractivity contribution in [2.75, 3.05) is 0 Å². The van der Waals surface area contributed by atoms with Crippen LogP contribution < -0.4 is 10.1 Å². The largest absolute Gasteiger partial charge is 0.481 e. The molecule has 0 spiro atoms. The number of aromatic nitrogens is 2. The number of carbonyl (C=O) groups excluding carboxylic acids is 1. The summed E-state index contributed by atoms with van der Waals surface area (Å²) in [5, 5.41) is 7.20. The Morgan fingerprint density at radius 3 is 2.59 bits per heavy atom. The highest BCUT2D eigenvalue weighted by molar-refractivity contribution is 6.30. The molecule has 1 amide bonds. The van der Waals surface area contributed by atoms with Gasteiger partial charge in [-0.15, -0.1) is 0 Å². The first kappa shape index (κ1) is 18.8. The monoisotopic (exact) mass is 389 g/mol. The molecule has 1 atom stereocenters. The quantitative estimate of drug-likeness (QED) is 0.660. The number of benzene rings is 2. The highest BCUT2D eigenvalue weighted by atomic mass is 35.5. The normalized spacial score (nSPS) is 11.8. The van der Waals surface area contributed by atoms with Gasteiger partial charge in [0.05, 0.1) is 6.54 Å². The number of nitrogens with one attached hydrogen (secondary N) is 1. The first-order valence-electron chi connectivity index (χ1n) is 8.33. The van der Waals surface area contributed by atoms with Crippen LogP contribution in [0.5, 0.6) is 5.75 Å². The molecule has 0 bridgehead atoms. The fourth-order valence-electron chi connectivity index (χ4n) is 2.32. The van der Waals surface area contributed by atoms with E-state index in [-0.39, 0.29) is 24.2 Å². The number of ether oxygens (including phenoxy) is 1. The maximum absolute atomic E-state index is 13.0. The zero-order chi connectivity index (χ0) is 19.2. The van der Waals surface area contributed by atoms with Crippen molar-refractivity contribution < 1.29 is 18.4 Å². The number of halogens is 2. The molecular weight excluding hydrogens is 373 g/mol. The molecule has 0 radical (unpaired) electrons. The van der Waals surface area contributed by atoms with Crippen molar-refractivity contribution in [3.05, 3.63) is 65.3 Å². The first-order chi connectivity index (χ1) is 13.0. The highest BCUT2D eigenvalue weighted by Crippen LogP contribution is 2.19. The second kappa shape index (κ2) is 8.64. The van der Waals surface area contributed by atoms with Crippen LogP contribution in [0.15, 0.2) is 53.1 Å². The number of carbonyl (C=O) groups is 1. The number of nitrogens with zero attached hydrogens (tertiary/aromatic N) is 2. The third kappa shape index (κ3) is 5.04. The Bertz CT molecular complexity index is 897. The summed E-state index contributed by atoms with van der Waals surface area (Å²) in [5.74, 6) is 0.400. The van der Waals surface area contributed by atoms with Gasteiger partial charge in [-0.2, -0.15) is 4.98 Å². The van der Waals surface area contributed by atoms with Crippen molar-refractivity contribution in [2.45, 2.75) is 26.0 Å². The minimum absolute atomic E-state index is 0.0721. The topological polar surface area (TPSA) is 77.2 Å². The van der Waals surface area contributed by atoms with Crippen LogP contribution in [0.4, 0.5) is 4.39 Å². The average Bonchev–Trinajstić information content (AvgIpc) is 3.15. The maximum Gasteiger partial charge on any atom is 0.261 e. The molecule has 3 aromatic rings. The Hall–Kier alpha value is -2.93. The van der Waals surface area contributed by atoms with Gasteiger partial charge in [-0.1, -0.05) is 23.7 Å². The van der Waals surface area contributed by atoms with E-state index in [0.717, 1.165) is 5.56 Å². The SMILES string of the molecule is CC[C@H](Oc1ccc(F)cc1)C(=O)NCc1nc(-c2ccc(Cl)cc2)no1. The van der Waals surface area contributed by atoms with Crippen molar-refractivity contribution in [2.24, 2.45) is 0 Å². The summed E-state index contributed by atoms with van der Waals surface area (Å²) in [5.41, 5.74) is 0.756. The predicted molar refractivity (Wildman–Crippen MR) is 97.7 cm³/mol. The number of hydrogen-bond acceptors (Lipinski definition) is 5. The lowest BCUT2D eigenvalue weighted by molar-refractivity contribution is -0.128. The molecule has 1 N–H and O–H groups in total. The van der Waals surface area contributed by atoms with Crippen molar-refractivity contribution >= 4 is 17.5 Å². The van der Waals surface area contributed by atoms with E-state index in [4.69, 9.17) is 20.9 Å². The standard InChI is InChI=1S/C19H17ClFN3O3/c1-2-16(26-15-9-7-14(21)8-10-15)19(25)22-11-17-23-18(24-27-17)12-3-5-13(20)6-4-12/h3-10,16H,2,11H2,1H3,(H,22,25)/t16-/m0/s1. The Labute approximate surface area is 160 Å². The molecule has 2 aromatic carbocycles. The smallest absolute Gasteiger partial charge is 0.261 e. The Morgan fingerprint density at radius 2 is 1.93 bits per heavy atom. The van der Waals surface area contributed by atoms with Crippen LogP contribution in [0.3, 0.4) is 0 Å². The van der Waals surface area contributed by atoms with Crippen LogP contribution in [0.25, 0.3) is 11.4 Å². The molecule has 0 aliphatic carbocycles. The molecule has 0 saturated heterocycles. The second-order valence-corrected chi connectivity index (χ2v) is 6.14. The van der Waals surface area contributed by atoms with E-state index in [2.05, 4.69) is 15.5 Å². The fourth-order valence-corrected chi connectivity index (χ4v) is 2.45. The van der Waals surface area contributed by atoms with Gasteiger partial charge in [0, 0.05) is 10.6 Å². The zero-order valence-electron chi connectivity index (χ0n) is 14.5. The lowest BCUT2D eigenvalue weighted by Crippen LogP contribution is -2.37. The van der Waals surface area contributed by atoms with E-state index in [1.165, 1.54) is 24.3 Å². The molecule has 8 heteroatoms. The van der Waals surface area contributed by atoms with Gasteiger partial charge in [0.1, 0.15) is 11.6 Å². The van der Waals surface area contributed by atoms with Gasteiger partial charge in [0.15, 0.2) is 6.10 Å². The predicted octanol–water partition coefficient (Wildman–Crippen LogP) is 4.00. The van der Waals surface area contributed by atoms with E-state index >= 15 is 0 Å². The summed E-state index contributed by atoms with van der Waals surface area (Å²) in [6, 6.07) is 12.5. The Balaban J connectivity index is 1.57. The minimum Gasteiger partial charge on any atom is -0.481 e. The summed E-state index contributed by atoms with van der Waals surface area (Å²) in [6.45, 7) is 1.89. The zero-order valence-corrected chi connectivity index (χ0v) is 15.2. The molecule has 0 saturated carbocycles. The maximum atomic E-state index is 13.0. The molecule has 0 fully saturated rings. The van der Waals surface area contributed by atoms with Gasteiger partial charge in [-0.05, 0) is 55.0 Å². The summed E-state index contributed by atoms with van der Waals surface area (Å²) in [7, 11) is 0. The van der Waals surface area contributed by atoms with Gasteiger partial charge in [0.2, 0.25) is 11.7 Å². The third-order valence-corrected chi connectivity index (χ3v) is 3.99. The van der Waals surface area contributed by atoms with Gasteiger partial charge < -0.3 is 14.6 Å². The second-order valence-electron chi connectivity index (χ2n) is 5.71. The summed E-state index contributed by atoms with van der Waals surface area (Å²) in [4.78, 5) is 16.6. The number of amides is 1. The molecule has 27 heavy (non-hydrogen) atoms. The molecular formula is C19H17ClFN3O3. The average molecular weight is 390 g/mol. The molecule has 1 aromatic heterocycles. The van der Waals surface area contributed by atoms with Crippen molar-refractivity contribution in [1.82, 2.24) is 15.5 Å². The van der Waals surface area contributed by atoms with Crippen molar-refractivity contribution in [1.29, 1.82) is 0 Å². The molecule has 3 rings (SSSR count). The van der Waals surface area contributed by atoms with Crippen LogP contribution in [0.1, 0.15) is 19.2 Å². The van der Waals surface area contributed by atoms with Gasteiger partial charge in [-0.3, -0.25) is 4.79 Å². The van der Waals surface area contributed by atoms with Gasteiger partial charge >= 0.3 is 0 Å². The van der Waals surface area contributed by atoms with E-state index < -0.39 is 6.10 Å².